The predicted octanol–water partition coefficient (Wildman–Crippen LogP) is -0.482. The third-order valence-corrected chi connectivity index (χ3v) is 5.71. The number of nitrogens with two attached hydrogens (primary N) is 1. The number of imide groups is 1. The summed E-state index contributed by atoms with van der Waals surface area (Å²) in [7, 11) is -0.243. The first-order chi connectivity index (χ1) is 13.3. The maximum Gasteiger partial charge on any atom is 0.547 e. The molecule has 10 nitrogen and oxygen atoms in total. The van der Waals surface area contributed by atoms with E-state index < -0.39 is 36.5 Å². The van der Waals surface area contributed by atoms with Crippen LogP contribution in [0.15, 0.2) is 12.1 Å². The molecule has 2 heterocycles. The van der Waals surface area contributed by atoms with Gasteiger partial charge in [-0.05, 0) is 37.3 Å². The smallest absolute Gasteiger partial charge is 0.534 e. The van der Waals surface area contributed by atoms with Crippen LogP contribution in [0, 0.1) is 0 Å². The van der Waals surface area contributed by atoms with Gasteiger partial charge in [0.05, 0.1) is 13.1 Å². The van der Waals surface area contributed by atoms with Crippen LogP contribution in [-0.4, -0.2) is 64.7 Å². The Balaban J connectivity index is 1.67. The van der Waals surface area contributed by atoms with Crippen molar-refractivity contribution in [1.82, 2.24) is 10.2 Å². The van der Waals surface area contributed by atoms with Crippen LogP contribution in [0.3, 0.4) is 0 Å². The van der Waals surface area contributed by atoms with Crippen LogP contribution in [0.2, 0.25) is 0 Å². The van der Waals surface area contributed by atoms with Crippen LogP contribution >= 0.6 is 0 Å². The lowest BCUT2D eigenvalue weighted by atomic mass is 9.71. The van der Waals surface area contributed by atoms with Gasteiger partial charge < -0.3 is 30.6 Å². The second kappa shape index (κ2) is 6.38. The molecule has 2 aliphatic heterocycles. The number of rotatable bonds is 3. The van der Waals surface area contributed by atoms with Gasteiger partial charge in [-0.2, -0.15) is 0 Å². The van der Waals surface area contributed by atoms with Gasteiger partial charge in [0.2, 0.25) is 0 Å². The average molecular weight is 389 g/mol. The molecule has 11 heteroatoms. The molecule has 1 aliphatic carbocycles. The van der Waals surface area contributed by atoms with Crippen LogP contribution < -0.4 is 20.4 Å². The first-order valence-electron chi connectivity index (χ1n) is 8.96. The van der Waals surface area contributed by atoms with E-state index in [1.54, 1.807) is 6.07 Å². The minimum Gasteiger partial charge on any atom is -0.534 e. The number of carbonyl (C=O) groups is 3. The SMILES string of the molecule is COc1ccc2c(c1C(=O)O)OB(O)[C@@H](N1C(=O)NC3(CCC(N)C3)C1=O)C2. The number of amides is 3. The van der Waals surface area contributed by atoms with Gasteiger partial charge in [0.1, 0.15) is 22.6 Å². The Hall–Kier alpha value is -2.79. The van der Waals surface area contributed by atoms with Crippen molar-refractivity contribution >= 4 is 25.0 Å². The van der Waals surface area contributed by atoms with E-state index in [2.05, 4.69) is 5.32 Å². The summed E-state index contributed by atoms with van der Waals surface area (Å²) < 4.78 is 10.5. The molecule has 0 bridgehead atoms. The third kappa shape index (κ3) is 2.61. The second-order valence-electron chi connectivity index (χ2n) is 7.41. The lowest BCUT2D eigenvalue weighted by Gasteiger charge is -2.33. The van der Waals surface area contributed by atoms with Gasteiger partial charge in [-0.15, -0.1) is 0 Å². The second-order valence-corrected chi connectivity index (χ2v) is 7.41. The topological polar surface area (TPSA) is 151 Å². The number of nitrogens with one attached hydrogen (secondary N) is 1. The molecule has 2 fully saturated rings. The summed E-state index contributed by atoms with van der Waals surface area (Å²) in [5.41, 5.74) is 5.12. The number of nitrogens with zero attached hydrogens (tertiary/aromatic N) is 1. The maximum absolute atomic E-state index is 13.0. The number of fused-ring (bicyclic) bond motifs is 1. The number of aromatic carboxylic acids is 1. The van der Waals surface area contributed by atoms with Gasteiger partial charge in [-0.25, -0.2) is 9.59 Å². The maximum atomic E-state index is 13.0. The fraction of sp³-hybridized carbons (Fsp3) is 0.471. The first-order valence-corrected chi connectivity index (χ1v) is 8.96. The molecule has 1 aromatic carbocycles. The Morgan fingerprint density at radius 1 is 1.46 bits per heavy atom. The Kier molecular flexibility index (Phi) is 4.23. The zero-order chi connectivity index (χ0) is 20.2. The fourth-order valence-corrected chi connectivity index (χ4v) is 4.35. The molecule has 2 unspecified atom stereocenters. The summed E-state index contributed by atoms with van der Waals surface area (Å²) in [6, 6.07) is 2.29. The summed E-state index contributed by atoms with van der Waals surface area (Å²) in [5.74, 6) is -2.63. The van der Waals surface area contributed by atoms with Crippen LogP contribution in [0.5, 0.6) is 11.5 Å². The van der Waals surface area contributed by atoms with E-state index in [0.29, 0.717) is 24.8 Å². The standard InChI is InChI=1S/C17H20BN3O7/c1-27-10-3-2-8-6-11(18(26)28-13(8)12(10)14(22)23)21-15(24)17(20-16(21)25)5-4-9(19)7-17/h2-3,9,11,26H,4-7,19H2,1H3,(H,20,25)(H,22,23)/t9?,11-,17?/m0/s1. The number of carboxylic acid groups (broad SMARTS) is 1. The molecule has 0 radical (unpaired) electrons. The summed E-state index contributed by atoms with van der Waals surface area (Å²) in [4.78, 5) is 38.2. The number of methoxy groups -OCH3 is 1. The van der Waals surface area contributed by atoms with Crippen LogP contribution in [0.1, 0.15) is 35.2 Å². The van der Waals surface area contributed by atoms with Crippen molar-refractivity contribution in [2.24, 2.45) is 5.73 Å². The third-order valence-electron chi connectivity index (χ3n) is 5.71. The van der Waals surface area contributed by atoms with Crippen LogP contribution in [0.25, 0.3) is 0 Å². The number of ether oxygens (including phenoxy) is 1. The van der Waals surface area contributed by atoms with Gasteiger partial charge >= 0.3 is 19.1 Å². The van der Waals surface area contributed by atoms with Gasteiger partial charge in [-0.3, -0.25) is 9.69 Å². The largest absolute Gasteiger partial charge is 0.547 e. The van der Waals surface area contributed by atoms with Crippen molar-refractivity contribution in [3.05, 3.63) is 23.3 Å². The van der Waals surface area contributed by atoms with E-state index in [-0.39, 0.29) is 29.5 Å². The summed E-state index contributed by atoms with van der Waals surface area (Å²) in [6.45, 7) is 0. The highest BCUT2D eigenvalue weighted by Gasteiger charge is 2.58. The molecular formula is C17H20BN3O7. The molecule has 1 spiro atoms. The number of carboxylic acids is 1. The highest BCUT2D eigenvalue weighted by atomic mass is 16.5. The number of hydrogen-bond donors (Lipinski definition) is 4. The molecule has 3 amide bonds. The lowest BCUT2D eigenvalue weighted by Crippen LogP contribution is -2.56. The Labute approximate surface area is 160 Å². The molecule has 0 aromatic heterocycles. The van der Waals surface area contributed by atoms with Crippen molar-refractivity contribution in [2.45, 2.75) is 43.2 Å². The fourth-order valence-electron chi connectivity index (χ4n) is 4.35. The number of hydrogen-bond acceptors (Lipinski definition) is 7. The highest BCUT2D eigenvalue weighted by molar-refractivity contribution is 6.47. The van der Waals surface area contributed by atoms with E-state index in [4.69, 9.17) is 15.1 Å². The molecule has 1 saturated heterocycles. The Bertz CT molecular complexity index is 879. The number of urea groups is 1. The average Bonchev–Trinajstić information content (AvgIpc) is 3.13. The molecule has 1 aromatic rings. The van der Waals surface area contributed by atoms with Gasteiger partial charge in [0, 0.05) is 6.04 Å². The minimum absolute atomic E-state index is 0.0275. The summed E-state index contributed by atoms with van der Waals surface area (Å²) in [6.07, 6.45) is 1.46. The molecule has 3 atom stereocenters. The molecule has 1 saturated carbocycles. The molecule has 28 heavy (non-hydrogen) atoms. The van der Waals surface area contributed by atoms with Gasteiger partial charge in [0.15, 0.2) is 0 Å². The van der Waals surface area contributed by atoms with Crippen molar-refractivity contribution in [3.8, 4) is 11.5 Å². The normalized spacial score (nSPS) is 29.0. The number of carbonyl (C=O) groups excluding carboxylic acids is 2. The molecular weight excluding hydrogens is 369 g/mol. The Morgan fingerprint density at radius 2 is 2.21 bits per heavy atom. The molecule has 148 valence electrons. The van der Waals surface area contributed by atoms with E-state index in [1.165, 1.54) is 13.2 Å². The van der Waals surface area contributed by atoms with E-state index in [9.17, 15) is 24.5 Å². The highest BCUT2D eigenvalue weighted by Crippen LogP contribution is 2.40. The minimum atomic E-state index is -1.57. The zero-order valence-electron chi connectivity index (χ0n) is 15.2. The Morgan fingerprint density at radius 3 is 2.82 bits per heavy atom. The monoisotopic (exact) mass is 389 g/mol. The first kappa shape index (κ1) is 18.6. The van der Waals surface area contributed by atoms with Crippen molar-refractivity contribution < 1.29 is 33.9 Å². The van der Waals surface area contributed by atoms with Crippen molar-refractivity contribution in [1.29, 1.82) is 0 Å². The van der Waals surface area contributed by atoms with Crippen LogP contribution in [-0.2, 0) is 11.2 Å². The predicted molar refractivity (Wildman–Crippen MR) is 96.0 cm³/mol. The zero-order valence-corrected chi connectivity index (χ0v) is 15.2. The lowest BCUT2D eigenvalue weighted by molar-refractivity contribution is -0.132. The molecule has 3 aliphatic rings. The summed E-state index contributed by atoms with van der Waals surface area (Å²) >= 11 is 0. The van der Waals surface area contributed by atoms with E-state index >= 15 is 0 Å². The quantitative estimate of drug-likeness (QED) is 0.400. The van der Waals surface area contributed by atoms with E-state index in [1.807, 2.05) is 0 Å². The van der Waals surface area contributed by atoms with Gasteiger partial charge in [-0.1, -0.05) is 6.07 Å². The van der Waals surface area contributed by atoms with E-state index in [0.717, 1.165) is 4.90 Å². The molecule has 5 N–H and O–H groups in total. The summed E-state index contributed by atoms with van der Waals surface area (Å²) in [5, 5.41) is 22.7. The number of benzene rings is 1. The van der Waals surface area contributed by atoms with Crippen LogP contribution in [0.4, 0.5) is 4.79 Å². The molecule has 4 rings (SSSR count). The van der Waals surface area contributed by atoms with Crippen molar-refractivity contribution in [2.75, 3.05) is 7.11 Å². The van der Waals surface area contributed by atoms with Gasteiger partial charge in [0.25, 0.3) is 5.91 Å². The van der Waals surface area contributed by atoms with Crippen molar-refractivity contribution in [3.63, 3.8) is 0 Å².